The van der Waals surface area contributed by atoms with E-state index in [-0.39, 0.29) is 13.0 Å². The Morgan fingerprint density at radius 3 is 2.28 bits per heavy atom. The van der Waals surface area contributed by atoms with Gasteiger partial charge in [0, 0.05) is 20.0 Å². The van der Waals surface area contributed by atoms with Gasteiger partial charge in [-0.05, 0) is 20.8 Å². The molecule has 108 valence electrons. The van der Waals surface area contributed by atoms with E-state index in [9.17, 15) is 18.3 Å². The number of aliphatic hydroxyl groups is 1. The fourth-order valence-electron chi connectivity index (χ4n) is 0.985. The monoisotopic (exact) mass is 283 g/mol. The lowest BCUT2D eigenvalue weighted by molar-refractivity contribution is -0.0243. The summed E-state index contributed by atoms with van der Waals surface area (Å²) in [7, 11) is -2.22. The zero-order valence-corrected chi connectivity index (χ0v) is 12.2. The van der Waals surface area contributed by atoms with Gasteiger partial charge < -0.3 is 14.7 Å². The lowest BCUT2D eigenvalue weighted by Gasteiger charge is -2.25. The third-order valence-electron chi connectivity index (χ3n) is 1.70. The van der Waals surface area contributed by atoms with Gasteiger partial charge in [0.15, 0.2) is 6.29 Å². The van der Waals surface area contributed by atoms with Crippen molar-refractivity contribution >= 4 is 16.2 Å². The average molecular weight is 283 g/mol. The van der Waals surface area contributed by atoms with Crippen LogP contribution in [0.1, 0.15) is 27.2 Å². The quantitative estimate of drug-likeness (QED) is 0.584. The summed E-state index contributed by atoms with van der Waals surface area (Å²) in [6.45, 7) is 5.33. The minimum Gasteiger partial charge on any atom is -0.444 e. The first-order valence-electron chi connectivity index (χ1n) is 5.41. The Morgan fingerprint density at radius 1 is 1.39 bits per heavy atom. The van der Waals surface area contributed by atoms with E-state index < -0.39 is 28.1 Å². The van der Waals surface area contributed by atoms with E-state index in [2.05, 4.69) is 4.18 Å². The summed E-state index contributed by atoms with van der Waals surface area (Å²) in [4.78, 5) is 12.8. The number of ether oxygens (including phenoxy) is 1. The molecule has 0 unspecified atom stereocenters. The van der Waals surface area contributed by atoms with Gasteiger partial charge in [-0.15, -0.1) is 0 Å². The van der Waals surface area contributed by atoms with Crippen molar-refractivity contribution in [3.05, 3.63) is 0 Å². The van der Waals surface area contributed by atoms with Gasteiger partial charge in [0.25, 0.3) is 10.1 Å². The van der Waals surface area contributed by atoms with Crippen molar-refractivity contribution in [3.63, 3.8) is 0 Å². The summed E-state index contributed by atoms with van der Waals surface area (Å²) >= 11 is 0. The molecule has 0 saturated carbocycles. The standard InChI is InChI=1S/C10H21NO6S/c1-10(2,3)16-9(13)11(4)7-6-8(12)17-18(5,14)15/h8,12H,6-7H2,1-5H3/t8-/m1/s1. The first-order chi connectivity index (χ1) is 7.91. The zero-order valence-electron chi connectivity index (χ0n) is 11.3. The van der Waals surface area contributed by atoms with Crippen molar-refractivity contribution in [2.45, 2.75) is 39.1 Å². The Kier molecular flexibility index (Phi) is 6.05. The van der Waals surface area contributed by atoms with E-state index in [1.165, 1.54) is 11.9 Å². The van der Waals surface area contributed by atoms with E-state index in [0.29, 0.717) is 0 Å². The molecule has 0 saturated heterocycles. The number of carbonyl (C=O) groups is 1. The number of nitrogens with zero attached hydrogens (tertiary/aromatic N) is 1. The van der Waals surface area contributed by atoms with Crippen LogP contribution in [0, 0.1) is 0 Å². The number of hydrogen-bond donors (Lipinski definition) is 1. The van der Waals surface area contributed by atoms with Crippen LogP contribution in [0.25, 0.3) is 0 Å². The summed E-state index contributed by atoms with van der Waals surface area (Å²) in [6, 6.07) is 0. The van der Waals surface area contributed by atoms with Gasteiger partial charge in [-0.3, -0.25) is 0 Å². The Labute approximate surface area is 108 Å². The van der Waals surface area contributed by atoms with Crippen LogP contribution in [0.4, 0.5) is 4.79 Å². The fraction of sp³-hybridized carbons (Fsp3) is 0.900. The highest BCUT2D eigenvalue weighted by atomic mass is 32.2. The summed E-state index contributed by atoms with van der Waals surface area (Å²) in [5.74, 6) is 0. The molecular formula is C10H21NO6S. The van der Waals surface area contributed by atoms with E-state index in [4.69, 9.17) is 4.74 Å². The van der Waals surface area contributed by atoms with Crippen LogP contribution in [0.5, 0.6) is 0 Å². The first-order valence-corrected chi connectivity index (χ1v) is 7.23. The molecule has 0 spiro atoms. The van der Waals surface area contributed by atoms with Crippen LogP contribution in [-0.2, 0) is 19.0 Å². The maximum Gasteiger partial charge on any atom is 0.410 e. The van der Waals surface area contributed by atoms with Crippen LogP contribution in [0.15, 0.2) is 0 Å². The number of hydrogen-bond acceptors (Lipinski definition) is 6. The van der Waals surface area contributed by atoms with Gasteiger partial charge in [0.2, 0.25) is 0 Å². The number of aliphatic hydroxyl groups excluding tert-OH is 1. The average Bonchev–Trinajstić information content (AvgIpc) is 2.08. The van der Waals surface area contributed by atoms with Gasteiger partial charge >= 0.3 is 6.09 Å². The lowest BCUT2D eigenvalue weighted by atomic mass is 10.2. The molecule has 0 aromatic rings. The smallest absolute Gasteiger partial charge is 0.410 e. The van der Waals surface area contributed by atoms with Crippen LogP contribution in [0.2, 0.25) is 0 Å². The minimum atomic E-state index is -3.71. The Balaban J connectivity index is 4.11. The molecule has 0 aromatic heterocycles. The minimum absolute atomic E-state index is 0.0250. The molecule has 1 N–H and O–H groups in total. The molecule has 18 heavy (non-hydrogen) atoms. The van der Waals surface area contributed by atoms with Crippen molar-refractivity contribution in [2.75, 3.05) is 19.8 Å². The molecule has 0 aromatic carbocycles. The summed E-state index contributed by atoms with van der Waals surface area (Å²) in [6.07, 6.45) is -1.20. The van der Waals surface area contributed by atoms with Crippen LogP contribution < -0.4 is 0 Å². The van der Waals surface area contributed by atoms with Crippen molar-refractivity contribution in [1.82, 2.24) is 4.90 Å². The normalized spacial score (nSPS) is 14.1. The van der Waals surface area contributed by atoms with Crippen molar-refractivity contribution < 1.29 is 27.2 Å². The summed E-state index contributed by atoms with van der Waals surface area (Å²) in [5, 5.41) is 9.27. The highest BCUT2D eigenvalue weighted by molar-refractivity contribution is 7.86. The topological polar surface area (TPSA) is 93.1 Å². The van der Waals surface area contributed by atoms with Crippen molar-refractivity contribution in [2.24, 2.45) is 0 Å². The molecule has 0 aliphatic carbocycles. The predicted octanol–water partition coefficient (Wildman–Crippen LogP) is 0.538. The SMILES string of the molecule is CN(CC[C@H](O)OS(C)(=O)=O)C(=O)OC(C)(C)C. The van der Waals surface area contributed by atoms with Crippen LogP contribution in [-0.4, -0.2) is 56.3 Å². The van der Waals surface area contributed by atoms with E-state index >= 15 is 0 Å². The fourth-order valence-corrected chi connectivity index (χ4v) is 1.48. The maximum absolute atomic E-state index is 11.5. The van der Waals surface area contributed by atoms with E-state index in [0.717, 1.165) is 6.26 Å². The molecule has 0 aliphatic rings. The van der Waals surface area contributed by atoms with Gasteiger partial charge in [-0.1, -0.05) is 0 Å². The first kappa shape index (κ1) is 17.1. The molecule has 0 fully saturated rings. The predicted molar refractivity (Wildman–Crippen MR) is 65.4 cm³/mol. The van der Waals surface area contributed by atoms with Gasteiger partial charge in [-0.25, -0.2) is 8.98 Å². The molecule has 8 heteroatoms. The second-order valence-corrected chi connectivity index (χ2v) is 6.55. The second kappa shape index (κ2) is 6.35. The van der Waals surface area contributed by atoms with Gasteiger partial charge in [0.1, 0.15) is 5.60 Å². The Hall–Kier alpha value is -0.860. The zero-order chi connectivity index (χ0) is 14.6. The molecule has 7 nitrogen and oxygen atoms in total. The molecule has 0 radical (unpaired) electrons. The number of rotatable bonds is 5. The third-order valence-corrected chi connectivity index (χ3v) is 2.27. The largest absolute Gasteiger partial charge is 0.444 e. The summed E-state index contributed by atoms with van der Waals surface area (Å²) < 4.78 is 30.8. The molecule has 0 bridgehead atoms. The Bertz CT molecular complexity index is 372. The Morgan fingerprint density at radius 2 is 1.89 bits per heavy atom. The highest BCUT2D eigenvalue weighted by Gasteiger charge is 2.20. The third kappa shape index (κ3) is 9.20. The maximum atomic E-state index is 11.5. The highest BCUT2D eigenvalue weighted by Crippen LogP contribution is 2.09. The lowest BCUT2D eigenvalue weighted by Crippen LogP contribution is -2.36. The van der Waals surface area contributed by atoms with Gasteiger partial charge in [-0.2, -0.15) is 8.42 Å². The van der Waals surface area contributed by atoms with Gasteiger partial charge in [0.05, 0.1) is 6.26 Å². The van der Waals surface area contributed by atoms with Crippen molar-refractivity contribution in [3.8, 4) is 0 Å². The van der Waals surface area contributed by atoms with Crippen molar-refractivity contribution in [1.29, 1.82) is 0 Å². The molecule has 0 rings (SSSR count). The molecule has 0 heterocycles. The number of amides is 1. The van der Waals surface area contributed by atoms with Crippen LogP contribution in [0.3, 0.4) is 0 Å². The molecular weight excluding hydrogens is 262 g/mol. The number of carbonyl (C=O) groups excluding carboxylic acids is 1. The molecule has 0 aliphatic heterocycles. The van der Waals surface area contributed by atoms with E-state index in [1.807, 2.05) is 0 Å². The van der Waals surface area contributed by atoms with Crippen LogP contribution >= 0.6 is 0 Å². The molecule has 1 amide bonds. The van der Waals surface area contributed by atoms with E-state index in [1.54, 1.807) is 20.8 Å². The molecule has 1 atom stereocenters. The summed E-state index contributed by atoms with van der Waals surface area (Å²) in [5.41, 5.74) is -0.604. The second-order valence-electron chi connectivity index (χ2n) is 4.95.